The van der Waals surface area contributed by atoms with Crippen molar-refractivity contribution in [2.24, 2.45) is 0 Å². The number of rotatable bonds is 8. The number of aromatic nitrogens is 1. The zero-order valence-corrected chi connectivity index (χ0v) is 18.2. The maximum atomic E-state index is 12.5. The number of amides is 1. The van der Waals surface area contributed by atoms with Crippen molar-refractivity contribution in [3.63, 3.8) is 0 Å². The van der Waals surface area contributed by atoms with Crippen molar-refractivity contribution in [2.75, 3.05) is 20.8 Å². The van der Waals surface area contributed by atoms with Crippen LogP contribution >= 0.6 is 23.6 Å². The first-order valence-electron chi connectivity index (χ1n) is 9.04. The molecular weight excluding hydrogens is 396 g/mol. The predicted molar refractivity (Wildman–Crippen MR) is 116 cm³/mol. The summed E-state index contributed by atoms with van der Waals surface area (Å²) in [6.07, 6.45) is 3.32. The number of thiazole rings is 1. The Hall–Kier alpha value is -2.39. The number of methoxy groups -OCH3 is 2. The van der Waals surface area contributed by atoms with Crippen molar-refractivity contribution in [2.45, 2.75) is 33.1 Å². The van der Waals surface area contributed by atoms with Crippen molar-refractivity contribution in [3.05, 3.63) is 28.8 Å². The minimum absolute atomic E-state index is 0.278. The predicted octanol–water partition coefficient (Wildman–Crippen LogP) is 3.43. The number of unbranched alkanes of at least 4 members (excludes halogenated alkanes) is 2. The third-order valence-electron chi connectivity index (χ3n) is 3.99. The summed E-state index contributed by atoms with van der Waals surface area (Å²) in [4.78, 5) is 17.5. The molecule has 0 unspecified atom stereocenters. The molecule has 0 saturated carbocycles. The van der Waals surface area contributed by atoms with Crippen LogP contribution in [-0.2, 0) is 0 Å². The van der Waals surface area contributed by atoms with Crippen LogP contribution in [0.1, 0.15) is 41.6 Å². The molecule has 0 aliphatic carbocycles. The molecule has 0 aliphatic rings. The molecule has 0 atom stereocenters. The van der Waals surface area contributed by atoms with Crippen molar-refractivity contribution in [1.29, 1.82) is 0 Å². The first-order chi connectivity index (χ1) is 13.5. The van der Waals surface area contributed by atoms with Gasteiger partial charge in [0.05, 0.1) is 19.9 Å². The summed E-state index contributed by atoms with van der Waals surface area (Å²) in [5.41, 5.74) is 6.85. The normalized spacial score (nSPS) is 10.3. The summed E-state index contributed by atoms with van der Waals surface area (Å²) in [5.74, 6) is 0.973. The highest BCUT2D eigenvalue weighted by molar-refractivity contribution is 7.80. The maximum Gasteiger partial charge on any atom is 0.281 e. The van der Waals surface area contributed by atoms with Crippen molar-refractivity contribution in [3.8, 4) is 22.1 Å². The van der Waals surface area contributed by atoms with Gasteiger partial charge in [-0.05, 0) is 43.8 Å². The van der Waals surface area contributed by atoms with Crippen LogP contribution in [0, 0.1) is 6.92 Å². The Bertz CT molecular complexity index is 824. The summed E-state index contributed by atoms with van der Waals surface area (Å²) >= 11 is 6.47. The molecule has 1 heterocycles. The van der Waals surface area contributed by atoms with Crippen molar-refractivity contribution in [1.82, 2.24) is 21.2 Å². The number of hydrogen-bond donors (Lipinski definition) is 3. The Balaban J connectivity index is 2.01. The third-order valence-corrected chi connectivity index (χ3v) is 5.44. The smallest absolute Gasteiger partial charge is 0.281 e. The summed E-state index contributed by atoms with van der Waals surface area (Å²) < 4.78 is 10.6. The van der Waals surface area contributed by atoms with Gasteiger partial charge in [-0.1, -0.05) is 19.8 Å². The molecule has 2 aromatic rings. The lowest BCUT2D eigenvalue weighted by Gasteiger charge is -2.10. The minimum Gasteiger partial charge on any atom is -0.493 e. The monoisotopic (exact) mass is 422 g/mol. The molecule has 1 aromatic heterocycles. The summed E-state index contributed by atoms with van der Waals surface area (Å²) in [7, 11) is 3.17. The number of nitrogens with one attached hydrogen (secondary N) is 3. The van der Waals surface area contributed by atoms with E-state index in [4.69, 9.17) is 21.7 Å². The Labute approximate surface area is 174 Å². The van der Waals surface area contributed by atoms with Gasteiger partial charge in [0.1, 0.15) is 9.88 Å². The number of carbonyl (C=O) groups is 1. The molecule has 9 heteroatoms. The highest BCUT2D eigenvalue weighted by Crippen LogP contribution is 2.34. The van der Waals surface area contributed by atoms with Crippen LogP contribution < -0.4 is 25.6 Å². The van der Waals surface area contributed by atoms with Crippen LogP contribution in [0.25, 0.3) is 10.6 Å². The summed E-state index contributed by atoms with van der Waals surface area (Å²) in [6, 6.07) is 5.54. The average Bonchev–Trinajstić information content (AvgIpc) is 3.10. The largest absolute Gasteiger partial charge is 0.493 e. The number of hydrazine groups is 1. The molecule has 0 saturated heterocycles. The standard InChI is InChI=1S/C19H26N4O3S2/c1-5-6-7-10-20-19(27)23-22-17(24)16-12(2)21-18(28-16)13-8-9-14(25-3)15(11-13)26-4/h8-9,11H,5-7,10H2,1-4H3,(H,22,24)(H2,20,23,27). The van der Waals surface area contributed by atoms with E-state index in [1.54, 1.807) is 21.1 Å². The van der Waals surface area contributed by atoms with Crippen LogP contribution in [0.4, 0.5) is 0 Å². The van der Waals surface area contributed by atoms with Gasteiger partial charge in [-0.25, -0.2) is 4.98 Å². The van der Waals surface area contributed by atoms with Gasteiger partial charge in [-0.2, -0.15) is 0 Å². The zero-order valence-electron chi connectivity index (χ0n) is 16.5. The SMILES string of the molecule is CCCCCNC(=S)NNC(=O)c1sc(-c2ccc(OC)c(OC)c2)nc1C. The molecule has 7 nitrogen and oxygen atoms in total. The Morgan fingerprint density at radius 2 is 1.93 bits per heavy atom. The molecule has 1 aromatic carbocycles. The second-order valence-corrected chi connectivity index (χ2v) is 7.45. The van der Waals surface area contributed by atoms with E-state index in [2.05, 4.69) is 28.1 Å². The number of nitrogens with zero attached hydrogens (tertiary/aromatic N) is 1. The fourth-order valence-electron chi connectivity index (χ4n) is 2.49. The number of benzene rings is 1. The van der Waals surface area contributed by atoms with E-state index in [1.165, 1.54) is 11.3 Å². The lowest BCUT2D eigenvalue weighted by molar-refractivity contribution is 0.0947. The van der Waals surface area contributed by atoms with Gasteiger partial charge in [0.25, 0.3) is 5.91 Å². The van der Waals surface area contributed by atoms with Gasteiger partial charge in [0.2, 0.25) is 0 Å². The van der Waals surface area contributed by atoms with E-state index in [-0.39, 0.29) is 5.91 Å². The van der Waals surface area contributed by atoms with Gasteiger partial charge in [0.15, 0.2) is 16.6 Å². The fourth-order valence-corrected chi connectivity index (χ4v) is 3.60. The molecule has 0 bridgehead atoms. The highest BCUT2D eigenvalue weighted by Gasteiger charge is 2.17. The lowest BCUT2D eigenvalue weighted by atomic mass is 10.2. The van der Waals surface area contributed by atoms with Crippen LogP contribution in [-0.4, -0.2) is 36.8 Å². The molecule has 1 amide bonds. The van der Waals surface area contributed by atoms with Gasteiger partial charge < -0.3 is 14.8 Å². The van der Waals surface area contributed by atoms with E-state index in [9.17, 15) is 4.79 Å². The zero-order chi connectivity index (χ0) is 20.5. The van der Waals surface area contributed by atoms with Crippen LogP contribution in [0.2, 0.25) is 0 Å². The van der Waals surface area contributed by atoms with E-state index in [1.807, 2.05) is 18.2 Å². The lowest BCUT2D eigenvalue weighted by Crippen LogP contribution is -2.46. The third kappa shape index (κ3) is 5.80. The topological polar surface area (TPSA) is 84.5 Å². The van der Waals surface area contributed by atoms with E-state index in [0.717, 1.165) is 36.4 Å². The number of hydrogen-bond acceptors (Lipinski definition) is 6. The first-order valence-corrected chi connectivity index (χ1v) is 10.3. The van der Waals surface area contributed by atoms with Crippen LogP contribution in [0.15, 0.2) is 18.2 Å². The Kier molecular flexibility index (Phi) is 8.46. The first kappa shape index (κ1) is 21.9. The van der Waals surface area contributed by atoms with Gasteiger partial charge >= 0.3 is 0 Å². The van der Waals surface area contributed by atoms with Gasteiger partial charge in [-0.3, -0.25) is 15.6 Å². The molecule has 0 radical (unpaired) electrons. The Morgan fingerprint density at radius 3 is 2.61 bits per heavy atom. The quantitative estimate of drug-likeness (QED) is 0.341. The number of aryl methyl sites for hydroxylation is 1. The molecule has 0 aliphatic heterocycles. The molecule has 3 N–H and O–H groups in total. The number of carbonyl (C=O) groups excluding carboxylic acids is 1. The Morgan fingerprint density at radius 1 is 1.18 bits per heavy atom. The average molecular weight is 423 g/mol. The second-order valence-electron chi connectivity index (χ2n) is 6.05. The van der Waals surface area contributed by atoms with E-state index < -0.39 is 0 Å². The molecule has 0 spiro atoms. The number of ether oxygens (including phenoxy) is 2. The second kappa shape index (κ2) is 10.8. The van der Waals surface area contributed by atoms with Gasteiger partial charge in [-0.15, -0.1) is 11.3 Å². The minimum atomic E-state index is -0.278. The summed E-state index contributed by atoms with van der Waals surface area (Å²) in [5, 5.41) is 4.18. The molecule has 152 valence electrons. The van der Waals surface area contributed by atoms with E-state index in [0.29, 0.717) is 27.2 Å². The molecule has 0 fully saturated rings. The van der Waals surface area contributed by atoms with Gasteiger partial charge in [0, 0.05) is 12.1 Å². The number of thiocarbonyl (C=S) groups is 1. The van der Waals surface area contributed by atoms with Crippen LogP contribution in [0.5, 0.6) is 11.5 Å². The highest BCUT2D eigenvalue weighted by atomic mass is 32.1. The fraction of sp³-hybridized carbons (Fsp3) is 0.421. The summed E-state index contributed by atoms with van der Waals surface area (Å²) in [6.45, 7) is 4.72. The van der Waals surface area contributed by atoms with E-state index >= 15 is 0 Å². The van der Waals surface area contributed by atoms with Crippen molar-refractivity contribution < 1.29 is 14.3 Å². The molecular formula is C19H26N4O3S2. The van der Waals surface area contributed by atoms with Crippen LogP contribution in [0.3, 0.4) is 0 Å². The molecule has 2 rings (SSSR count). The maximum absolute atomic E-state index is 12.5. The molecule has 28 heavy (non-hydrogen) atoms. The van der Waals surface area contributed by atoms with Crippen molar-refractivity contribution >= 4 is 34.6 Å².